The molecule has 1 aliphatic heterocycles. The van der Waals surface area contributed by atoms with Crippen LogP contribution in [0.5, 0.6) is 17.2 Å². The molecule has 1 aliphatic rings. The lowest BCUT2D eigenvalue weighted by atomic mass is 9.94. The number of hydrogen-bond donors (Lipinski definition) is 1. The summed E-state index contributed by atoms with van der Waals surface area (Å²) in [4.78, 5) is 27.6. The normalized spacial score (nSPS) is 17.1. The van der Waals surface area contributed by atoms with Crippen LogP contribution in [-0.4, -0.2) is 62.8 Å². The number of unbranched alkanes of at least 4 members (excludes halogenated alkanes) is 1. The molecule has 1 atom stereocenters. The smallest absolute Gasteiger partial charge is 0.295 e. The number of hydrogen-bond acceptors (Lipinski definition) is 7. The van der Waals surface area contributed by atoms with Crippen LogP contribution >= 0.6 is 0 Å². The molecule has 2 aromatic rings. The number of rotatable bonds is 11. The van der Waals surface area contributed by atoms with E-state index < -0.39 is 17.7 Å². The Morgan fingerprint density at radius 1 is 0.971 bits per heavy atom. The molecule has 0 aliphatic carbocycles. The Hall–Kier alpha value is -3.52. The van der Waals surface area contributed by atoms with Crippen molar-refractivity contribution in [2.24, 2.45) is 0 Å². The molecule has 1 fully saturated rings. The molecule has 8 nitrogen and oxygen atoms in total. The number of aliphatic hydroxyl groups is 1. The van der Waals surface area contributed by atoms with Crippen LogP contribution in [0.3, 0.4) is 0 Å². The minimum atomic E-state index is -0.814. The van der Waals surface area contributed by atoms with Crippen LogP contribution in [0.4, 0.5) is 0 Å². The molecule has 0 spiro atoms. The average molecular weight is 484 g/mol. The Kier molecular flexibility index (Phi) is 8.76. The predicted octanol–water partition coefficient (Wildman–Crippen LogP) is 4.26. The van der Waals surface area contributed by atoms with Crippen molar-refractivity contribution in [1.29, 1.82) is 0 Å². The van der Waals surface area contributed by atoms with Crippen molar-refractivity contribution in [3.8, 4) is 17.2 Å². The molecule has 2 aromatic carbocycles. The molecule has 1 unspecified atom stereocenters. The number of amides is 1. The summed E-state index contributed by atoms with van der Waals surface area (Å²) in [7, 11) is 4.62. The molecule has 0 radical (unpaired) electrons. The van der Waals surface area contributed by atoms with Crippen molar-refractivity contribution in [1.82, 2.24) is 4.90 Å². The highest BCUT2D eigenvalue weighted by atomic mass is 16.5. The molecular weight excluding hydrogens is 450 g/mol. The van der Waals surface area contributed by atoms with E-state index in [-0.39, 0.29) is 24.5 Å². The summed E-state index contributed by atoms with van der Waals surface area (Å²) in [6, 6.07) is 9.57. The van der Waals surface area contributed by atoms with E-state index in [2.05, 4.69) is 6.92 Å². The number of aryl methyl sites for hydroxylation is 1. The summed E-state index contributed by atoms with van der Waals surface area (Å²) >= 11 is 0. The van der Waals surface area contributed by atoms with E-state index in [0.717, 1.165) is 18.4 Å². The summed E-state index contributed by atoms with van der Waals surface area (Å²) in [5, 5.41) is 11.2. The zero-order valence-corrected chi connectivity index (χ0v) is 20.9. The van der Waals surface area contributed by atoms with Gasteiger partial charge >= 0.3 is 0 Å². The molecule has 1 saturated heterocycles. The minimum Gasteiger partial charge on any atom is -0.507 e. The molecule has 0 aromatic heterocycles. The monoisotopic (exact) mass is 483 g/mol. The number of nitrogens with zero attached hydrogens (tertiary/aromatic N) is 1. The first-order valence-corrected chi connectivity index (χ1v) is 11.6. The number of methoxy groups -OCH3 is 3. The molecular formula is C27H33NO7. The predicted molar refractivity (Wildman–Crippen MR) is 132 cm³/mol. The maximum Gasteiger partial charge on any atom is 0.295 e. The van der Waals surface area contributed by atoms with Gasteiger partial charge in [-0.2, -0.15) is 0 Å². The Morgan fingerprint density at radius 2 is 1.69 bits per heavy atom. The second-order valence-corrected chi connectivity index (χ2v) is 8.28. The number of aliphatic hydroxyl groups excluding tert-OH is 1. The van der Waals surface area contributed by atoms with Gasteiger partial charge in [-0.3, -0.25) is 9.59 Å². The lowest BCUT2D eigenvalue weighted by Crippen LogP contribution is -2.32. The number of carbonyl (C=O) groups is 2. The van der Waals surface area contributed by atoms with Gasteiger partial charge < -0.3 is 29.0 Å². The molecule has 188 valence electrons. The topological polar surface area (TPSA) is 94.5 Å². The van der Waals surface area contributed by atoms with Gasteiger partial charge in [-0.15, -0.1) is 0 Å². The van der Waals surface area contributed by atoms with Crippen LogP contribution in [0.2, 0.25) is 0 Å². The largest absolute Gasteiger partial charge is 0.507 e. The molecule has 1 N–H and O–H groups in total. The third kappa shape index (κ3) is 5.43. The maximum atomic E-state index is 13.2. The molecule has 8 heteroatoms. The highest BCUT2D eigenvalue weighted by Gasteiger charge is 2.46. The summed E-state index contributed by atoms with van der Waals surface area (Å²) in [5.74, 6) is 0.0178. The number of carbonyl (C=O) groups excluding carboxylic acids is 2. The Balaban J connectivity index is 2.12. The molecule has 3 rings (SSSR count). The van der Waals surface area contributed by atoms with Gasteiger partial charge in [-0.05, 0) is 54.8 Å². The quantitative estimate of drug-likeness (QED) is 0.221. The lowest BCUT2D eigenvalue weighted by Gasteiger charge is -2.25. The summed E-state index contributed by atoms with van der Waals surface area (Å²) in [6.07, 6.45) is 1.91. The van der Waals surface area contributed by atoms with Gasteiger partial charge in [0.15, 0.2) is 11.5 Å². The van der Waals surface area contributed by atoms with Gasteiger partial charge in [0.2, 0.25) is 0 Å². The van der Waals surface area contributed by atoms with Gasteiger partial charge in [0.05, 0.1) is 39.0 Å². The number of ether oxygens (including phenoxy) is 4. The average Bonchev–Trinajstić information content (AvgIpc) is 3.12. The van der Waals surface area contributed by atoms with Crippen LogP contribution in [0.15, 0.2) is 42.0 Å². The number of likely N-dealkylation sites (tertiary alicyclic amines) is 1. The molecule has 35 heavy (non-hydrogen) atoms. The SMILES string of the molecule is CCCCOc1ccc(C2C(=C(O)c3ccc(OC)c(C)c3)C(=O)C(=O)N2CCOC)cc1OC. The van der Waals surface area contributed by atoms with Crippen LogP contribution in [0, 0.1) is 6.92 Å². The summed E-state index contributed by atoms with van der Waals surface area (Å²) in [6.45, 7) is 4.89. The minimum absolute atomic E-state index is 0.0115. The number of benzene rings is 2. The standard InChI is InChI=1S/C27H33NO7/c1-6-7-13-35-21-11-8-18(16-22(21)34-5)24-23(26(30)27(31)28(24)12-14-32-3)25(29)19-9-10-20(33-4)17(2)15-19/h8-11,15-16,24,29H,6-7,12-14H2,1-5H3. The van der Waals surface area contributed by atoms with Gasteiger partial charge in [0.1, 0.15) is 11.5 Å². The van der Waals surface area contributed by atoms with Crippen molar-refractivity contribution in [2.45, 2.75) is 32.7 Å². The van der Waals surface area contributed by atoms with Crippen molar-refractivity contribution < 1.29 is 33.6 Å². The van der Waals surface area contributed by atoms with Crippen molar-refractivity contribution in [3.63, 3.8) is 0 Å². The fraction of sp³-hybridized carbons (Fsp3) is 0.407. The zero-order valence-electron chi connectivity index (χ0n) is 20.9. The van der Waals surface area contributed by atoms with E-state index in [0.29, 0.717) is 35.0 Å². The summed E-state index contributed by atoms with van der Waals surface area (Å²) < 4.78 is 21.8. The first-order valence-electron chi connectivity index (χ1n) is 11.6. The Morgan fingerprint density at radius 3 is 2.31 bits per heavy atom. The van der Waals surface area contributed by atoms with Gasteiger partial charge in [0, 0.05) is 19.2 Å². The van der Waals surface area contributed by atoms with E-state index in [9.17, 15) is 14.7 Å². The Labute approximate surface area is 206 Å². The maximum absolute atomic E-state index is 13.2. The van der Waals surface area contributed by atoms with Crippen LogP contribution < -0.4 is 14.2 Å². The van der Waals surface area contributed by atoms with E-state index in [1.54, 1.807) is 43.5 Å². The van der Waals surface area contributed by atoms with Gasteiger partial charge in [0.25, 0.3) is 11.7 Å². The van der Waals surface area contributed by atoms with Gasteiger partial charge in [-0.1, -0.05) is 19.4 Å². The first kappa shape index (κ1) is 26.1. The number of ketones is 1. The molecule has 1 amide bonds. The highest BCUT2D eigenvalue weighted by molar-refractivity contribution is 6.46. The van der Waals surface area contributed by atoms with Crippen molar-refractivity contribution in [3.05, 3.63) is 58.7 Å². The van der Waals surface area contributed by atoms with Crippen LogP contribution in [-0.2, 0) is 14.3 Å². The molecule has 0 saturated carbocycles. The fourth-order valence-electron chi connectivity index (χ4n) is 4.13. The van der Waals surface area contributed by atoms with E-state index in [1.165, 1.54) is 19.1 Å². The van der Waals surface area contributed by atoms with E-state index in [1.807, 2.05) is 6.92 Å². The lowest BCUT2D eigenvalue weighted by molar-refractivity contribution is -0.140. The molecule has 0 bridgehead atoms. The molecule has 1 heterocycles. The zero-order chi connectivity index (χ0) is 25.5. The van der Waals surface area contributed by atoms with E-state index >= 15 is 0 Å². The van der Waals surface area contributed by atoms with Crippen LogP contribution in [0.1, 0.15) is 42.5 Å². The van der Waals surface area contributed by atoms with Crippen molar-refractivity contribution >= 4 is 17.4 Å². The van der Waals surface area contributed by atoms with Crippen molar-refractivity contribution in [2.75, 3.05) is 41.1 Å². The fourth-order valence-corrected chi connectivity index (χ4v) is 4.13. The third-order valence-corrected chi connectivity index (χ3v) is 6.00. The highest BCUT2D eigenvalue weighted by Crippen LogP contribution is 2.42. The third-order valence-electron chi connectivity index (χ3n) is 6.00. The first-order chi connectivity index (χ1) is 16.9. The van der Waals surface area contributed by atoms with Gasteiger partial charge in [-0.25, -0.2) is 0 Å². The Bertz CT molecular complexity index is 1110. The van der Waals surface area contributed by atoms with E-state index in [4.69, 9.17) is 18.9 Å². The second kappa shape index (κ2) is 11.8. The summed E-state index contributed by atoms with van der Waals surface area (Å²) in [5.41, 5.74) is 1.84. The second-order valence-electron chi connectivity index (χ2n) is 8.28. The number of Topliss-reactive ketones (excluding diaryl/α,β-unsaturated/α-hetero) is 1. The van der Waals surface area contributed by atoms with Crippen LogP contribution in [0.25, 0.3) is 5.76 Å².